The standard InChI is InChI=1S/C17H20N2O2S/c1-19(2)14-10-8-13(9-11-14)18-17(21)7-3-5-15(20)16-6-4-12-22-16/h4,6,8-12H,3,5,7H2,1-2H3,(H,18,21). The molecule has 0 fully saturated rings. The van der Waals surface area contributed by atoms with Gasteiger partial charge in [-0.2, -0.15) is 0 Å². The van der Waals surface area contributed by atoms with E-state index in [9.17, 15) is 9.59 Å². The van der Waals surface area contributed by atoms with Gasteiger partial charge >= 0.3 is 0 Å². The summed E-state index contributed by atoms with van der Waals surface area (Å²) < 4.78 is 0. The molecule has 0 radical (unpaired) electrons. The number of benzene rings is 1. The van der Waals surface area contributed by atoms with Gasteiger partial charge in [-0.25, -0.2) is 0 Å². The molecule has 1 aromatic heterocycles. The normalized spacial score (nSPS) is 10.3. The Morgan fingerprint density at radius 1 is 1.09 bits per heavy atom. The molecule has 2 aromatic rings. The third-order valence-corrected chi connectivity index (χ3v) is 4.18. The van der Waals surface area contributed by atoms with E-state index in [0.717, 1.165) is 16.3 Å². The highest BCUT2D eigenvalue weighted by molar-refractivity contribution is 7.12. The van der Waals surface area contributed by atoms with Crippen LogP contribution in [0.1, 0.15) is 28.9 Å². The van der Waals surface area contributed by atoms with Gasteiger partial charge in [0.2, 0.25) is 5.91 Å². The zero-order chi connectivity index (χ0) is 15.9. The number of hydrogen-bond acceptors (Lipinski definition) is 4. The van der Waals surface area contributed by atoms with Crippen molar-refractivity contribution in [2.24, 2.45) is 0 Å². The summed E-state index contributed by atoms with van der Waals surface area (Å²) in [6.07, 6.45) is 1.33. The Hall–Kier alpha value is -2.14. The van der Waals surface area contributed by atoms with Crippen LogP contribution < -0.4 is 10.2 Å². The molecule has 1 aromatic carbocycles. The number of anilines is 2. The van der Waals surface area contributed by atoms with Gasteiger partial charge in [-0.3, -0.25) is 9.59 Å². The lowest BCUT2D eigenvalue weighted by Crippen LogP contribution is -2.12. The van der Waals surface area contributed by atoms with Crippen molar-refractivity contribution in [3.8, 4) is 0 Å². The van der Waals surface area contributed by atoms with Crippen LogP contribution in [-0.4, -0.2) is 25.8 Å². The van der Waals surface area contributed by atoms with E-state index in [0.29, 0.717) is 19.3 Å². The third kappa shape index (κ3) is 4.70. The van der Waals surface area contributed by atoms with Crippen LogP contribution in [0.3, 0.4) is 0 Å². The number of ketones is 1. The molecule has 0 atom stereocenters. The quantitative estimate of drug-likeness (QED) is 0.790. The Bertz CT molecular complexity index is 619. The Kier molecular flexibility index (Phi) is 5.72. The Labute approximate surface area is 134 Å². The first-order valence-corrected chi connectivity index (χ1v) is 8.08. The monoisotopic (exact) mass is 316 g/mol. The zero-order valence-corrected chi connectivity index (χ0v) is 13.7. The number of nitrogens with zero attached hydrogens (tertiary/aromatic N) is 1. The van der Waals surface area contributed by atoms with Crippen LogP contribution in [0.4, 0.5) is 11.4 Å². The Balaban J connectivity index is 1.75. The Morgan fingerprint density at radius 2 is 1.82 bits per heavy atom. The number of nitrogens with one attached hydrogen (secondary N) is 1. The molecule has 0 spiro atoms. The van der Waals surface area contributed by atoms with Gasteiger partial charge in [-0.1, -0.05) is 6.07 Å². The first-order valence-electron chi connectivity index (χ1n) is 7.20. The van der Waals surface area contributed by atoms with Crippen molar-refractivity contribution in [2.75, 3.05) is 24.3 Å². The van der Waals surface area contributed by atoms with E-state index >= 15 is 0 Å². The number of carbonyl (C=O) groups excluding carboxylic acids is 2. The average molecular weight is 316 g/mol. The average Bonchev–Trinajstić information content (AvgIpc) is 3.02. The molecule has 0 bridgehead atoms. The maximum Gasteiger partial charge on any atom is 0.224 e. The summed E-state index contributed by atoms with van der Waals surface area (Å²) in [6, 6.07) is 11.3. The van der Waals surface area contributed by atoms with Crippen LogP contribution in [0.25, 0.3) is 0 Å². The number of Topliss-reactive ketones (excluding diaryl/α,β-unsaturated/α-hetero) is 1. The number of carbonyl (C=O) groups is 2. The minimum absolute atomic E-state index is 0.0587. The predicted octanol–water partition coefficient (Wildman–Crippen LogP) is 3.81. The van der Waals surface area contributed by atoms with Gasteiger partial charge in [0.15, 0.2) is 5.78 Å². The topological polar surface area (TPSA) is 49.4 Å². The summed E-state index contributed by atoms with van der Waals surface area (Å²) in [5, 5.41) is 4.74. The summed E-state index contributed by atoms with van der Waals surface area (Å²) in [7, 11) is 3.94. The van der Waals surface area contributed by atoms with Crippen molar-refractivity contribution in [1.82, 2.24) is 0 Å². The molecule has 5 heteroatoms. The highest BCUT2D eigenvalue weighted by atomic mass is 32.1. The number of rotatable bonds is 7. The van der Waals surface area contributed by atoms with E-state index in [1.165, 1.54) is 11.3 Å². The second kappa shape index (κ2) is 7.75. The summed E-state index contributed by atoms with van der Waals surface area (Å²) in [4.78, 5) is 26.5. The van der Waals surface area contributed by atoms with Crippen LogP contribution in [0.15, 0.2) is 41.8 Å². The molecule has 4 nitrogen and oxygen atoms in total. The van der Waals surface area contributed by atoms with E-state index in [4.69, 9.17) is 0 Å². The molecule has 0 saturated carbocycles. The number of amides is 1. The fourth-order valence-corrected chi connectivity index (χ4v) is 2.73. The van der Waals surface area contributed by atoms with E-state index in [1.807, 2.05) is 60.8 Å². The largest absolute Gasteiger partial charge is 0.378 e. The van der Waals surface area contributed by atoms with Gasteiger partial charge in [0.05, 0.1) is 4.88 Å². The van der Waals surface area contributed by atoms with Gasteiger partial charge < -0.3 is 10.2 Å². The lowest BCUT2D eigenvalue weighted by Gasteiger charge is -2.13. The lowest BCUT2D eigenvalue weighted by atomic mass is 10.1. The molecule has 2 rings (SSSR count). The van der Waals surface area contributed by atoms with Gasteiger partial charge in [-0.05, 0) is 42.1 Å². The molecule has 22 heavy (non-hydrogen) atoms. The smallest absolute Gasteiger partial charge is 0.224 e. The molecule has 0 saturated heterocycles. The minimum atomic E-state index is -0.0587. The van der Waals surface area contributed by atoms with Crippen LogP contribution in [0, 0.1) is 0 Å². The zero-order valence-electron chi connectivity index (χ0n) is 12.8. The van der Waals surface area contributed by atoms with Gasteiger partial charge in [0.1, 0.15) is 0 Å². The summed E-state index contributed by atoms with van der Waals surface area (Å²) in [5.74, 6) is 0.0507. The first-order chi connectivity index (χ1) is 10.6. The van der Waals surface area contributed by atoms with E-state index < -0.39 is 0 Å². The Morgan fingerprint density at radius 3 is 2.41 bits per heavy atom. The van der Waals surface area contributed by atoms with Crippen LogP contribution in [0.2, 0.25) is 0 Å². The number of thiophene rings is 1. The number of hydrogen-bond donors (Lipinski definition) is 1. The van der Waals surface area contributed by atoms with E-state index in [1.54, 1.807) is 0 Å². The predicted molar refractivity (Wildman–Crippen MR) is 91.9 cm³/mol. The third-order valence-electron chi connectivity index (χ3n) is 3.27. The van der Waals surface area contributed by atoms with Crippen molar-refractivity contribution < 1.29 is 9.59 Å². The summed E-state index contributed by atoms with van der Waals surface area (Å²) in [5.41, 5.74) is 1.86. The van der Waals surface area contributed by atoms with Gasteiger partial charge in [0.25, 0.3) is 0 Å². The van der Waals surface area contributed by atoms with Crippen LogP contribution in [0.5, 0.6) is 0 Å². The highest BCUT2D eigenvalue weighted by Crippen LogP contribution is 2.16. The summed E-state index contributed by atoms with van der Waals surface area (Å²) in [6.45, 7) is 0. The first kappa shape index (κ1) is 16.2. The van der Waals surface area contributed by atoms with Crippen molar-refractivity contribution in [2.45, 2.75) is 19.3 Å². The van der Waals surface area contributed by atoms with E-state index in [2.05, 4.69) is 5.32 Å². The maximum atomic E-state index is 11.9. The van der Waals surface area contributed by atoms with Crippen molar-refractivity contribution in [3.05, 3.63) is 46.7 Å². The molecule has 1 N–H and O–H groups in total. The second-order valence-corrected chi connectivity index (χ2v) is 6.19. The van der Waals surface area contributed by atoms with Crippen LogP contribution in [-0.2, 0) is 4.79 Å². The molecule has 0 aliphatic rings. The second-order valence-electron chi connectivity index (χ2n) is 5.24. The fourth-order valence-electron chi connectivity index (χ4n) is 2.04. The SMILES string of the molecule is CN(C)c1ccc(NC(=O)CCCC(=O)c2cccs2)cc1. The van der Waals surface area contributed by atoms with Gasteiger partial charge in [-0.15, -0.1) is 11.3 Å². The molecule has 0 unspecified atom stereocenters. The van der Waals surface area contributed by atoms with Crippen molar-refractivity contribution in [1.29, 1.82) is 0 Å². The molecule has 0 aliphatic carbocycles. The summed E-state index contributed by atoms with van der Waals surface area (Å²) >= 11 is 1.44. The maximum absolute atomic E-state index is 11.9. The highest BCUT2D eigenvalue weighted by Gasteiger charge is 2.08. The minimum Gasteiger partial charge on any atom is -0.378 e. The lowest BCUT2D eigenvalue weighted by molar-refractivity contribution is -0.116. The van der Waals surface area contributed by atoms with Crippen molar-refractivity contribution in [3.63, 3.8) is 0 Å². The molecular formula is C17H20N2O2S. The van der Waals surface area contributed by atoms with Crippen LogP contribution >= 0.6 is 11.3 Å². The molecular weight excluding hydrogens is 296 g/mol. The molecule has 0 aliphatic heterocycles. The van der Waals surface area contributed by atoms with Gasteiger partial charge in [0, 0.05) is 38.3 Å². The fraction of sp³-hybridized carbons (Fsp3) is 0.294. The molecule has 1 amide bonds. The van der Waals surface area contributed by atoms with E-state index in [-0.39, 0.29) is 11.7 Å². The molecule has 1 heterocycles. The molecule has 116 valence electrons. The van der Waals surface area contributed by atoms with Crippen molar-refractivity contribution >= 4 is 34.4 Å².